The number of nitrogens with one attached hydrogen (secondary N) is 1. The number of Topliss-reactive ketones (excluding diaryl/α,β-unsaturated/α-hetero) is 1. The van der Waals surface area contributed by atoms with E-state index in [1.807, 2.05) is 43.3 Å². The molecule has 1 aromatic carbocycles. The van der Waals surface area contributed by atoms with Gasteiger partial charge in [0.25, 0.3) is 0 Å². The Kier molecular flexibility index (Phi) is 10.8. The number of carbonyl (C=O) groups excluding carboxylic acids is 2. The minimum absolute atomic E-state index is 0.0124. The van der Waals surface area contributed by atoms with Crippen LogP contribution in [-0.2, 0) is 16.0 Å². The highest BCUT2D eigenvalue weighted by Crippen LogP contribution is 2.38. The molecule has 0 aliphatic heterocycles. The number of carbonyl (C=O) groups is 2. The number of ketones is 1. The summed E-state index contributed by atoms with van der Waals surface area (Å²) in [6.07, 6.45) is 8.62. The third-order valence-electron chi connectivity index (χ3n) is 6.04. The van der Waals surface area contributed by atoms with Crippen LogP contribution < -0.4 is 5.32 Å². The summed E-state index contributed by atoms with van der Waals surface area (Å²) in [5.74, 6) is 0.242. The highest BCUT2D eigenvalue weighted by atomic mass is 16.3. The second-order valence-corrected chi connectivity index (χ2v) is 8.31. The molecule has 166 valence electrons. The minimum atomic E-state index is -0.543. The molecule has 0 saturated heterocycles. The number of rotatable bonds is 13. The fourth-order valence-corrected chi connectivity index (χ4v) is 4.32. The number of allylic oxidation sites excluding steroid dienone is 2. The Hall–Kier alpha value is -1.98. The van der Waals surface area contributed by atoms with Crippen LogP contribution in [0.5, 0.6) is 0 Å². The molecular weight excluding hydrogens is 378 g/mol. The van der Waals surface area contributed by atoms with Crippen molar-refractivity contribution in [2.75, 3.05) is 6.54 Å². The van der Waals surface area contributed by atoms with Gasteiger partial charge in [-0.05, 0) is 62.8 Å². The molecule has 30 heavy (non-hydrogen) atoms. The molecule has 0 spiro atoms. The van der Waals surface area contributed by atoms with E-state index in [-0.39, 0.29) is 23.5 Å². The number of amides is 1. The van der Waals surface area contributed by atoms with E-state index in [0.717, 1.165) is 24.8 Å². The maximum atomic E-state index is 12.3. The highest BCUT2D eigenvalue weighted by molar-refractivity contribution is 5.78. The Morgan fingerprint density at radius 2 is 1.77 bits per heavy atom. The van der Waals surface area contributed by atoms with Gasteiger partial charge >= 0.3 is 0 Å². The number of aryl methyl sites for hydroxylation is 1. The lowest BCUT2D eigenvalue weighted by Gasteiger charge is -2.22. The van der Waals surface area contributed by atoms with Gasteiger partial charge in [0.15, 0.2) is 0 Å². The van der Waals surface area contributed by atoms with Crippen molar-refractivity contribution in [1.82, 2.24) is 5.32 Å². The predicted molar refractivity (Wildman–Crippen MR) is 119 cm³/mol. The first-order chi connectivity index (χ1) is 14.5. The topological polar surface area (TPSA) is 86.6 Å². The molecule has 0 bridgehead atoms. The van der Waals surface area contributed by atoms with Gasteiger partial charge in [-0.1, -0.05) is 42.5 Å². The number of benzene rings is 1. The van der Waals surface area contributed by atoms with E-state index in [9.17, 15) is 19.8 Å². The van der Waals surface area contributed by atoms with Crippen LogP contribution >= 0.6 is 0 Å². The summed E-state index contributed by atoms with van der Waals surface area (Å²) in [6.45, 7) is 2.57. The van der Waals surface area contributed by atoms with E-state index in [1.165, 1.54) is 0 Å². The molecule has 1 amide bonds. The van der Waals surface area contributed by atoms with Crippen molar-refractivity contribution in [2.45, 2.75) is 76.9 Å². The second kappa shape index (κ2) is 13.3. The Labute approximate surface area is 180 Å². The molecule has 4 atom stereocenters. The van der Waals surface area contributed by atoms with E-state index >= 15 is 0 Å². The van der Waals surface area contributed by atoms with Gasteiger partial charge in [0.1, 0.15) is 5.78 Å². The molecule has 0 unspecified atom stereocenters. The maximum absolute atomic E-state index is 12.3. The Morgan fingerprint density at radius 3 is 2.50 bits per heavy atom. The lowest BCUT2D eigenvalue weighted by molar-refractivity contribution is -0.121. The largest absolute Gasteiger partial charge is 0.393 e. The molecule has 1 aromatic rings. The zero-order chi connectivity index (χ0) is 21.8. The van der Waals surface area contributed by atoms with Crippen LogP contribution in [0.1, 0.15) is 63.9 Å². The average molecular weight is 416 g/mol. The molecule has 3 N–H and O–H groups in total. The second-order valence-electron chi connectivity index (χ2n) is 8.31. The first-order valence-electron chi connectivity index (χ1n) is 11.3. The van der Waals surface area contributed by atoms with Crippen molar-refractivity contribution in [1.29, 1.82) is 0 Å². The van der Waals surface area contributed by atoms with Gasteiger partial charge in [-0.2, -0.15) is 0 Å². The number of unbranched alkanes of at least 4 members (excludes halogenated alkanes) is 1. The van der Waals surface area contributed by atoms with E-state index < -0.39 is 12.2 Å². The van der Waals surface area contributed by atoms with Crippen molar-refractivity contribution in [3.63, 3.8) is 0 Å². The zero-order valence-electron chi connectivity index (χ0n) is 18.1. The van der Waals surface area contributed by atoms with Gasteiger partial charge in [-0.3, -0.25) is 9.59 Å². The molecular formula is C25H37NO4. The van der Waals surface area contributed by atoms with Crippen LogP contribution in [-0.4, -0.2) is 40.7 Å². The van der Waals surface area contributed by atoms with E-state index in [4.69, 9.17) is 0 Å². The summed E-state index contributed by atoms with van der Waals surface area (Å²) < 4.78 is 0. The first-order valence-corrected chi connectivity index (χ1v) is 11.3. The molecule has 1 aliphatic carbocycles. The van der Waals surface area contributed by atoms with Crippen LogP contribution in [0.15, 0.2) is 42.5 Å². The van der Waals surface area contributed by atoms with Crippen LogP contribution in [0.3, 0.4) is 0 Å². The van der Waals surface area contributed by atoms with Crippen molar-refractivity contribution in [2.24, 2.45) is 11.8 Å². The predicted octanol–water partition coefficient (Wildman–Crippen LogP) is 3.58. The monoisotopic (exact) mass is 415 g/mol. The van der Waals surface area contributed by atoms with Crippen molar-refractivity contribution in [3.05, 3.63) is 48.0 Å². The van der Waals surface area contributed by atoms with Crippen molar-refractivity contribution in [3.8, 4) is 0 Å². The van der Waals surface area contributed by atoms with Gasteiger partial charge in [0, 0.05) is 25.8 Å². The summed E-state index contributed by atoms with van der Waals surface area (Å²) in [4.78, 5) is 23.7. The van der Waals surface area contributed by atoms with Gasteiger partial charge in [0.2, 0.25) is 5.91 Å². The maximum Gasteiger partial charge on any atom is 0.219 e. The third kappa shape index (κ3) is 8.41. The average Bonchev–Trinajstić information content (AvgIpc) is 3.00. The van der Waals surface area contributed by atoms with E-state index in [2.05, 4.69) is 11.4 Å². The number of aliphatic hydroxyl groups is 2. The lowest BCUT2D eigenvalue weighted by atomic mass is 9.86. The zero-order valence-corrected chi connectivity index (χ0v) is 18.1. The van der Waals surface area contributed by atoms with Crippen LogP contribution in [0.2, 0.25) is 0 Å². The molecule has 1 saturated carbocycles. The van der Waals surface area contributed by atoms with Crippen LogP contribution in [0.25, 0.3) is 0 Å². The minimum Gasteiger partial charge on any atom is -0.393 e. The third-order valence-corrected chi connectivity index (χ3v) is 6.04. The lowest BCUT2D eigenvalue weighted by Crippen LogP contribution is -2.22. The molecule has 0 radical (unpaired) electrons. The summed E-state index contributed by atoms with van der Waals surface area (Å²) in [7, 11) is 0. The number of hydrogen-bond acceptors (Lipinski definition) is 4. The molecule has 1 aliphatic rings. The number of aliphatic hydroxyl groups excluding tert-OH is 2. The SMILES string of the molecule is CCNC(=O)CCC/C=C\C[C@@H]1[C@@H](CCC(=O)CCc2ccccc2)[C@H](O)C[C@@H]1O. The Balaban J connectivity index is 1.72. The summed E-state index contributed by atoms with van der Waals surface area (Å²) in [6, 6.07) is 9.99. The quantitative estimate of drug-likeness (QED) is 0.339. The van der Waals surface area contributed by atoms with Gasteiger partial charge in [-0.15, -0.1) is 0 Å². The highest BCUT2D eigenvalue weighted by Gasteiger charge is 2.40. The summed E-state index contributed by atoms with van der Waals surface area (Å²) >= 11 is 0. The van der Waals surface area contributed by atoms with Gasteiger partial charge in [-0.25, -0.2) is 0 Å². The van der Waals surface area contributed by atoms with Gasteiger partial charge < -0.3 is 15.5 Å². The van der Waals surface area contributed by atoms with E-state index in [1.54, 1.807) is 0 Å². The molecule has 0 heterocycles. The fourth-order valence-electron chi connectivity index (χ4n) is 4.32. The molecule has 5 heteroatoms. The standard InChI is InChI=1S/C25H37NO4/c1-2-26-25(30)13-9-4-3-8-12-21-22(24(29)18-23(21)28)17-16-20(27)15-14-19-10-6-5-7-11-19/h3,5-8,10-11,21-24,28-29H,2,4,9,12-18H2,1H3,(H,26,30)/b8-3-/t21-,22-,23+,24-/m1/s1. The van der Waals surface area contributed by atoms with Crippen molar-refractivity contribution >= 4 is 11.7 Å². The van der Waals surface area contributed by atoms with E-state index in [0.29, 0.717) is 45.1 Å². The molecule has 2 rings (SSSR count). The Bertz CT molecular complexity index is 673. The fraction of sp³-hybridized carbons (Fsp3) is 0.600. The normalized spacial score (nSPS) is 23.7. The summed E-state index contributed by atoms with van der Waals surface area (Å²) in [5, 5.41) is 23.5. The smallest absolute Gasteiger partial charge is 0.219 e. The van der Waals surface area contributed by atoms with Crippen LogP contribution in [0, 0.1) is 11.8 Å². The first kappa shape index (κ1) is 24.3. The Morgan fingerprint density at radius 1 is 1.03 bits per heavy atom. The van der Waals surface area contributed by atoms with Crippen molar-refractivity contribution < 1.29 is 19.8 Å². The molecule has 5 nitrogen and oxygen atoms in total. The molecule has 1 fully saturated rings. The molecule has 0 aromatic heterocycles. The number of hydrogen-bond donors (Lipinski definition) is 3. The van der Waals surface area contributed by atoms with Crippen LogP contribution in [0.4, 0.5) is 0 Å². The van der Waals surface area contributed by atoms with Gasteiger partial charge in [0.05, 0.1) is 12.2 Å². The summed E-state index contributed by atoms with van der Waals surface area (Å²) in [5.41, 5.74) is 1.16.